The zero-order valence-electron chi connectivity index (χ0n) is 14.5. The van der Waals surface area contributed by atoms with E-state index in [2.05, 4.69) is 19.9 Å². The van der Waals surface area contributed by atoms with Crippen LogP contribution in [0.5, 0.6) is 0 Å². The van der Waals surface area contributed by atoms with E-state index in [1.807, 2.05) is 30.5 Å². The van der Waals surface area contributed by atoms with Crippen LogP contribution in [0.4, 0.5) is 0 Å². The fourth-order valence-corrected chi connectivity index (χ4v) is 3.72. The molecular formula is C20H16N4O2S. The summed E-state index contributed by atoms with van der Waals surface area (Å²) >= 11 is 1.47. The second-order valence-corrected chi connectivity index (χ2v) is 7.14. The Hall–Kier alpha value is -3.03. The fourth-order valence-electron chi connectivity index (χ4n) is 2.95. The summed E-state index contributed by atoms with van der Waals surface area (Å²) in [6, 6.07) is 7.23. The Bertz CT molecular complexity index is 1110. The molecule has 0 saturated carbocycles. The molecule has 0 aliphatic heterocycles. The molecule has 3 aromatic heterocycles. The van der Waals surface area contributed by atoms with Crippen molar-refractivity contribution in [2.75, 3.05) is 0 Å². The van der Waals surface area contributed by atoms with Crippen LogP contribution >= 0.6 is 11.3 Å². The largest absolute Gasteiger partial charge is 0.384 e. The fraction of sp³-hybridized carbons (Fsp3) is 0.150. The van der Waals surface area contributed by atoms with E-state index in [0.29, 0.717) is 22.2 Å². The minimum absolute atomic E-state index is 0.0774. The Balaban J connectivity index is 1.77. The average Bonchev–Trinajstić information content (AvgIpc) is 3.11. The third kappa shape index (κ3) is 3.60. The highest BCUT2D eigenvalue weighted by atomic mass is 32.1. The van der Waals surface area contributed by atoms with Crippen LogP contribution in [0.3, 0.4) is 0 Å². The van der Waals surface area contributed by atoms with Crippen molar-refractivity contribution in [2.45, 2.75) is 19.4 Å². The van der Waals surface area contributed by atoms with Crippen LogP contribution in [0.25, 0.3) is 10.9 Å². The summed E-state index contributed by atoms with van der Waals surface area (Å²) in [7, 11) is 0. The molecule has 27 heavy (non-hydrogen) atoms. The molecule has 0 aliphatic carbocycles. The monoisotopic (exact) mass is 376 g/mol. The van der Waals surface area contributed by atoms with Crippen LogP contribution in [0.2, 0.25) is 0 Å². The second-order valence-electron chi connectivity index (χ2n) is 6.20. The van der Waals surface area contributed by atoms with E-state index in [-0.39, 0.29) is 12.2 Å². The minimum Gasteiger partial charge on any atom is -0.384 e. The highest BCUT2D eigenvalue weighted by Gasteiger charge is 2.19. The first kappa shape index (κ1) is 17.4. The zero-order valence-corrected chi connectivity index (χ0v) is 15.3. The van der Waals surface area contributed by atoms with Crippen LogP contribution in [-0.2, 0) is 6.42 Å². The number of rotatable bonds is 5. The number of Topliss-reactive ketones (excluding diaryl/α,β-unsaturated/α-hetero) is 1. The number of aromatic nitrogens is 4. The number of carbonyl (C=O) groups is 1. The zero-order chi connectivity index (χ0) is 18.8. The highest BCUT2D eigenvalue weighted by Crippen LogP contribution is 2.28. The van der Waals surface area contributed by atoms with E-state index in [9.17, 15) is 9.90 Å². The van der Waals surface area contributed by atoms with Crippen molar-refractivity contribution in [2.24, 2.45) is 0 Å². The van der Waals surface area contributed by atoms with Crippen LogP contribution < -0.4 is 0 Å². The van der Waals surface area contributed by atoms with E-state index >= 15 is 0 Å². The number of hydrogen-bond acceptors (Lipinski definition) is 7. The quantitative estimate of drug-likeness (QED) is 0.538. The van der Waals surface area contributed by atoms with Crippen LogP contribution in [0.15, 0.2) is 54.6 Å². The number of pyridine rings is 1. The predicted molar refractivity (Wildman–Crippen MR) is 103 cm³/mol. The third-order valence-electron chi connectivity index (χ3n) is 4.22. The van der Waals surface area contributed by atoms with E-state index in [0.717, 1.165) is 16.1 Å². The topological polar surface area (TPSA) is 88.9 Å². The number of fused-ring (bicyclic) bond motifs is 1. The van der Waals surface area contributed by atoms with Gasteiger partial charge in [0.2, 0.25) is 0 Å². The Morgan fingerprint density at radius 3 is 2.78 bits per heavy atom. The van der Waals surface area contributed by atoms with Gasteiger partial charge >= 0.3 is 0 Å². The number of ketones is 1. The van der Waals surface area contributed by atoms with Gasteiger partial charge in [0.1, 0.15) is 17.4 Å². The van der Waals surface area contributed by atoms with Gasteiger partial charge < -0.3 is 5.11 Å². The van der Waals surface area contributed by atoms with Gasteiger partial charge in [-0.2, -0.15) is 0 Å². The first-order valence-electron chi connectivity index (χ1n) is 8.37. The standard InChI is InChI=1S/C20H16N4O2S/c1-12-10-27-18(24-12)7-17(25)16-6-14(5-13-3-2-4-23-19(13)16)20(26)15-8-21-11-22-9-15/h2-6,8-11,20,26H,7H2,1H3. The van der Waals surface area contributed by atoms with Gasteiger partial charge in [0.15, 0.2) is 5.78 Å². The number of thiazole rings is 1. The Morgan fingerprint density at radius 1 is 1.22 bits per heavy atom. The summed E-state index contributed by atoms with van der Waals surface area (Å²) in [5.74, 6) is -0.0774. The highest BCUT2D eigenvalue weighted by molar-refractivity contribution is 7.09. The minimum atomic E-state index is -0.926. The molecule has 0 amide bonds. The van der Waals surface area contributed by atoms with E-state index < -0.39 is 6.10 Å². The molecule has 0 aliphatic rings. The number of aliphatic hydroxyl groups excluding tert-OH is 1. The van der Waals surface area contributed by atoms with Crippen molar-refractivity contribution in [3.05, 3.63) is 82.0 Å². The first-order chi connectivity index (χ1) is 13.1. The van der Waals surface area contributed by atoms with Crippen molar-refractivity contribution in [1.29, 1.82) is 0 Å². The molecule has 1 unspecified atom stereocenters. The smallest absolute Gasteiger partial charge is 0.171 e. The van der Waals surface area contributed by atoms with Gasteiger partial charge in [-0.25, -0.2) is 15.0 Å². The molecule has 1 aromatic carbocycles. The van der Waals surface area contributed by atoms with Crippen LogP contribution in [0.1, 0.15) is 38.3 Å². The van der Waals surface area contributed by atoms with Gasteiger partial charge in [0.05, 0.1) is 11.9 Å². The maximum absolute atomic E-state index is 13.0. The summed E-state index contributed by atoms with van der Waals surface area (Å²) in [5.41, 5.74) is 3.17. The first-order valence-corrected chi connectivity index (χ1v) is 9.25. The van der Waals surface area contributed by atoms with Gasteiger partial charge in [-0.05, 0) is 30.7 Å². The van der Waals surface area contributed by atoms with E-state index in [1.54, 1.807) is 24.7 Å². The van der Waals surface area contributed by atoms with Crippen molar-refractivity contribution >= 4 is 28.0 Å². The summed E-state index contributed by atoms with van der Waals surface area (Å²) in [5, 5.41) is 14.2. The van der Waals surface area contributed by atoms with E-state index in [1.165, 1.54) is 17.7 Å². The summed E-state index contributed by atoms with van der Waals surface area (Å²) in [6.07, 6.45) is 5.47. The number of carbonyl (C=O) groups excluding carboxylic acids is 1. The van der Waals surface area contributed by atoms with Crippen molar-refractivity contribution in [3.8, 4) is 0 Å². The molecule has 0 radical (unpaired) electrons. The Morgan fingerprint density at radius 2 is 2.04 bits per heavy atom. The Kier molecular flexibility index (Phi) is 4.70. The number of benzene rings is 1. The summed E-state index contributed by atoms with van der Waals surface area (Å²) in [6.45, 7) is 1.90. The van der Waals surface area contributed by atoms with Gasteiger partial charge in [-0.3, -0.25) is 9.78 Å². The number of aliphatic hydroxyl groups is 1. The number of aryl methyl sites for hydroxylation is 1. The average molecular weight is 376 g/mol. The second kappa shape index (κ2) is 7.30. The third-order valence-corrected chi connectivity index (χ3v) is 5.18. The molecule has 3 heterocycles. The lowest BCUT2D eigenvalue weighted by molar-refractivity contribution is 0.0994. The summed E-state index contributed by atoms with van der Waals surface area (Å²) in [4.78, 5) is 29.6. The van der Waals surface area contributed by atoms with Gasteiger partial charge in [-0.1, -0.05) is 6.07 Å². The maximum atomic E-state index is 13.0. The lowest BCUT2D eigenvalue weighted by atomic mass is 9.96. The van der Waals surface area contributed by atoms with Crippen molar-refractivity contribution in [3.63, 3.8) is 0 Å². The molecule has 134 valence electrons. The molecule has 7 heteroatoms. The van der Waals surface area contributed by atoms with E-state index in [4.69, 9.17) is 0 Å². The lowest BCUT2D eigenvalue weighted by Crippen LogP contribution is -2.08. The van der Waals surface area contributed by atoms with Gasteiger partial charge in [0, 0.05) is 46.2 Å². The molecular weight excluding hydrogens is 360 g/mol. The normalized spacial score (nSPS) is 12.2. The molecule has 0 bridgehead atoms. The van der Waals surface area contributed by atoms with Gasteiger partial charge in [0.25, 0.3) is 0 Å². The predicted octanol–water partition coefficient (Wildman–Crippen LogP) is 3.30. The SMILES string of the molecule is Cc1csc(CC(=O)c2cc(C(O)c3cncnc3)cc3cccnc23)n1. The molecule has 1 atom stereocenters. The number of nitrogens with zero attached hydrogens (tertiary/aromatic N) is 4. The molecule has 1 N–H and O–H groups in total. The molecule has 6 nitrogen and oxygen atoms in total. The molecule has 0 fully saturated rings. The molecule has 4 aromatic rings. The lowest BCUT2D eigenvalue weighted by Gasteiger charge is -2.14. The Labute approximate surface area is 159 Å². The molecule has 0 saturated heterocycles. The van der Waals surface area contributed by atoms with Crippen molar-refractivity contribution in [1.82, 2.24) is 19.9 Å². The van der Waals surface area contributed by atoms with Crippen LogP contribution in [-0.4, -0.2) is 30.8 Å². The number of hydrogen-bond donors (Lipinski definition) is 1. The maximum Gasteiger partial charge on any atom is 0.171 e. The molecule has 4 rings (SSSR count). The van der Waals surface area contributed by atoms with Crippen molar-refractivity contribution < 1.29 is 9.90 Å². The van der Waals surface area contributed by atoms with Gasteiger partial charge in [-0.15, -0.1) is 11.3 Å². The molecule has 0 spiro atoms. The summed E-state index contributed by atoms with van der Waals surface area (Å²) < 4.78 is 0. The van der Waals surface area contributed by atoms with Crippen LogP contribution in [0, 0.1) is 6.92 Å².